The molecule has 0 saturated heterocycles. The number of amides is 2. The number of nitrogens with one attached hydrogen (secondary N) is 2. The molecular formula is C21H24N4O3. The Kier molecular flexibility index (Phi) is 6.26. The summed E-state index contributed by atoms with van der Waals surface area (Å²) in [5.74, 6) is -0.367. The van der Waals surface area contributed by atoms with Gasteiger partial charge in [-0.3, -0.25) is 4.79 Å². The molecule has 7 nitrogen and oxygen atoms in total. The van der Waals surface area contributed by atoms with E-state index in [-0.39, 0.29) is 25.0 Å². The van der Waals surface area contributed by atoms with Gasteiger partial charge in [-0.1, -0.05) is 50.2 Å². The van der Waals surface area contributed by atoms with Crippen molar-refractivity contribution in [3.05, 3.63) is 72.2 Å². The molecule has 2 aromatic heterocycles. The maximum absolute atomic E-state index is 12.6. The standard InChI is InChI=1S/C21H24N4O3/c1-15(2)19(24-21(27)28-14-16-8-4-3-5-9-16)20(26)22-12-17-13-25-11-7-6-10-18(25)23-17/h3-11,13,15,19H,12,14H2,1-2H3,(H,22,26)(H,24,27)/t19-/m0/s1. The van der Waals surface area contributed by atoms with E-state index in [2.05, 4.69) is 15.6 Å². The molecular weight excluding hydrogens is 356 g/mol. The van der Waals surface area contributed by atoms with E-state index in [1.807, 2.05) is 79.2 Å². The number of alkyl carbamates (subject to hydrolysis) is 1. The number of carbonyl (C=O) groups is 2. The van der Waals surface area contributed by atoms with Crippen molar-refractivity contribution in [1.82, 2.24) is 20.0 Å². The highest BCUT2D eigenvalue weighted by molar-refractivity contribution is 5.85. The van der Waals surface area contributed by atoms with Gasteiger partial charge in [-0.2, -0.15) is 0 Å². The molecule has 3 aromatic rings. The van der Waals surface area contributed by atoms with Crippen molar-refractivity contribution in [1.29, 1.82) is 0 Å². The van der Waals surface area contributed by atoms with Gasteiger partial charge < -0.3 is 19.8 Å². The summed E-state index contributed by atoms with van der Waals surface area (Å²) in [7, 11) is 0. The van der Waals surface area contributed by atoms with Crippen molar-refractivity contribution in [2.24, 2.45) is 5.92 Å². The third-order valence-electron chi connectivity index (χ3n) is 4.29. The van der Waals surface area contributed by atoms with Gasteiger partial charge in [0.15, 0.2) is 0 Å². The SMILES string of the molecule is CC(C)[C@H](NC(=O)OCc1ccccc1)C(=O)NCc1cn2ccccc2n1. The molecule has 0 unspecified atom stereocenters. The minimum Gasteiger partial charge on any atom is -0.445 e. The third kappa shape index (κ3) is 5.09. The number of hydrogen-bond acceptors (Lipinski definition) is 4. The summed E-state index contributed by atoms with van der Waals surface area (Å²) < 4.78 is 7.11. The Balaban J connectivity index is 1.53. The molecule has 0 aliphatic carbocycles. The Hall–Kier alpha value is -3.35. The van der Waals surface area contributed by atoms with Crippen LogP contribution < -0.4 is 10.6 Å². The highest BCUT2D eigenvalue weighted by Crippen LogP contribution is 2.07. The summed E-state index contributed by atoms with van der Waals surface area (Å²) in [5.41, 5.74) is 2.44. The lowest BCUT2D eigenvalue weighted by atomic mass is 10.0. The largest absolute Gasteiger partial charge is 0.445 e. The molecule has 1 atom stereocenters. The van der Waals surface area contributed by atoms with E-state index in [4.69, 9.17) is 4.74 Å². The smallest absolute Gasteiger partial charge is 0.408 e. The molecule has 28 heavy (non-hydrogen) atoms. The summed E-state index contributed by atoms with van der Waals surface area (Å²) in [6.07, 6.45) is 3.14. The quantitative estimate of drug-likeness (QED) is 0.660. The number of imidazole rings is 1. The average Bonchev–Trinajstić information content (AvgIpc) is 3.12. The summed E-state index contributed by atoms with van der Waals surface area (Å²) in [5, 5.41) is 5.49. The highest BCUT2D eigenvalue weighted by Gasteiger charge is 2.24. The Morgan fingerprint density at radius 3 is 2.57 bits per heavy atom. The first-order valence-corrected chi connectivity index (χ1v) is 9.20. The normalized spacial score (nSPS) is 12.0. The number of ether oxygens (including phenoxy) is 1. The van der Waals surface area contributed by atoms with Crippen molar-refractivity contribution in [3.8, 4) is 0 Å². The summed E-state index contributed by atoms with van der Waals surface area (Å²) in [4.78, 5) is 29.1. The van der Waals surface area contributed by atoms with Gasteiger partial charge in [-0.15, -0.1) is 0 Å². The van der Waals surface area contributed by atoms with E-state index in [1.54, 1.807) is 0 Å². The molecule has 3 rings (SSSR count). The number of fused-ring (bicyclic) bond motifs is 1. The zero-order valence-corrected chi connectivity index (χ0v) is 16.0. The summed E-state index contributed by atoms with van der Waals surface area (Å²) in [6, 6.07) is 14.4. The average molecular weight is 380 g/mol. The predicted octanol–water partition coefficient (Wildman–Crippen LogP) is 2.90. The molecule has 0 radical (unpaired) electrons. The number of aromatic nitrogens is 2. The second-order valence-electron chi connectivity index (χ2n) is 6.84. The van der Waals surface area contributed by atoms with Gasteiger partial charge in [0.05, 0.1) is 12.2 Å². The number of pyridine rings is 1. The van der Waals surface area contributed by atoms with Crippen LogP contribution in [0.25, 0.3) is 5.65 Å². The maximum atomic E-state index is 12.6. The Bertz CT molecular complexity index is 904. The van der Waals surface area contributed by atoms with Crippen molar-refractivity contribution in [3.63, 3.8) is 0 Å². The number of rotatable bonds is 7. The third-order valence-corrected chi connectivity index (χ3v) is 4.29. The molecule has 0 saturated carbocycles. The Labute approximate surface area is 163 Å². The Morgan fingerprint density at radius 2 is 1.86 bits per heavy atom. The van der Waals surface area contributed by atoms with Gasteiger partial charge in [0.1, 0.15) is 18.3 Å². The molecule has 1 aromatic carbocycles. The van der Waals surface area contributed by atoms with Crippen LogP contribution in [-0.2, 0) is 22.7 Å². The molecule has 146 valence electrons. The van der Waals surface area contributed by atoms with Gasteiger partial charge in [-0.25, -0.2) is 9.78 Å². The van der Waals surface area contributed by atoms with E-state index in [9.17, 15) is 9.59 Å². The van der Waals surface area contributed by atoms with E-state index in [1.165, 1.54) is 0 Å². The summed E-state index contributed by atoms with van der Waals surface area (Å²) in [6.45, 7) is 4.17. The predicted molar refractivity (Wildman–Crippen MR) is 105 cm³/mol. The lowest BCUT2D eigenvalue weighted by Gasteiger charge is -2.21. The second-order valence-corrected chi connectivity index (χ2v) is 6.84. The first kappa shape index (κ1) is 19.4. The van der Waals surface area contributed by atoms with Crippen LogP contribution in [-0.4, -0.2) is 27.4 Å². The van der Waals surface area contributed by atoms with Gasteiger partial charge in [0.25, 0.3) is 0 Å². The molecule has 0 aliphatic heterocycles. The minimum absolute atomic E-state index is 0.0923. The van der Waals surface area contributed by atoms with Crippen LogP contribution in [0.15, 0.2) is 60.9 Å². The lowest BCUT2D eigenvalue weighted by molar-refractivity contribution is -0.124. The zero-order valence-electron chi connectivity index (χ0n) is 16.0. The van der Waals surface area contributed by atoms with E-state index in [0.29, 0.717) is 0 Å². The molecule has 0 spiro atoms. The van der Waals surface area contributed by atoms with Crippen molar-refractivity contribution in [2.45, 2.75) is 33.0 Å². The molecule has 2 N–H and O–H groups in total. The highest BCUT2D eigenvalue weighted by atomic mass is 16.5. The fourth-order valence-electron chi connectivity index (χ4n) is 2.79. The molecule has 0 aliphatic rings. The monoisotopic (exact) mass is 380 g/mol. The molecule has 0 fully saturated rings. The van der Waals surface area contributed by atoms with Crippen LogP contribution >= 0.6 is 0 Å². The fourth-order valence-corrected chi connectivity index (χ4v) is 2.79. The van der Waals surface area contributed by atoms with Crippen molar-refractivity contribution >= 4 is 17.6 Å². The maximum Gasteiger partial charge on any atom is 0.408 e. The number of benzene rings is 1. The Morgan fingerprint density at radius 1 is 1.11 bits per heavy atom. The molecule has 7 heteroatoms. The summed E-state index contributed by atoms with van der Waals surface area (Å²) >= 11 is 0. The van der Waals surface area contributed by atoms with Crippen molar-refractivity contribution < 1.29 is 14.3 Å². The van der Waals surface area contributed by atoms with Crippen LogP contribution in [0, 0.1) is 5.92 Å². The molecule has 0 bridgehead atoms. The van der Waals surface area contributed by atoms with Gasteiger partial charge in [0, 0.05) is 12.4 Å². The van der Waals surface area contributed by atoms with Gasteiger partial charge in [0.2, 0.25) is 5.91 Å². The topological polar surface area (TPSA) is 84.7 Å². The zero-order chi connectivity index (χ0) is 19.9. The van der Waals surface area contributed by atoms with Crippen molar-refractivity contribution in [2.75, 3.05) is 0 Å². The van der Waals surface area contributed by atoms with E-state index in [0.717, 1.165) is 16.9 Å². The van der Waals surface area contributed by atoms with Crippen LogP contribution in [0.1, 0.15) is 25.1 Å². The molecule has 2 heterocycles. The molecule has 2 amide bonds. The first-order chi connectivity index (χ1) is 13.5. The fraction of sp³-hybridized carbons (Fsp3) is 0.286. The number of nitrogens with zero attached hydrogens (tertiary/aromatic N) is 2. The second kappa shape index (κ2) is 9.03. The van der Waals surface area contributed by atoms with Crippen LogP contribution in [0.4, 0.5) is 4.79 Å². The van der Waals surface area contributed by atoms with E-state index < -0.39 is 12.1 Å². The first-order valence-electron chi connectivity index (χ1n) is 9.20. The van der Waals surface area contributed by atoms with Crippen LogP contribution in [0.3, 0.4) is 0 Å². The van der Waals surface area contributed by atoms with Crippen LogP contribution in [0.5, 0.6) is 0 Å². The lowest BCUT2D eigenvalue weighted by Crippen LogP contribution is -2.49. The number of carbonyl (C=O) groups excluding carboxylic acids is 2. The van der Waals surface area contributed by atoms with Gasteiger partial charge in [-0.05, 0) is 23.6 Å². The number of hydrogen-bond donors (Lipinski definition) is 2. The van der Waals surface area contributed by atoms with E-state index >= 15 is 0 Å². The van der Waals surface area contributed by atoms with Gasteiger partial charge >= 0.3 is 6.09 Å². The van der Waals surface area contributed by atoms with Crippen LogP contribution in [0.2, 0.25) is 0 Å². The minimum atomic E-state index is -0.694.